The maximum atomic E-state index is 11.2. The summed E-state index contributed by atoms with van der Waals surface area (Å²) in [6.45, 7) is 4.25. The second-order valence-electron chi connectivity index (χ2n) is 5.10. The van der Waals surface area contributed by atoms with E-state index in [1.54, 1.807) is 13.8 Å². The Morgan fingerprint density at radius 1 is 1.55 bits per heavy atom. The Hall–Kier alpha value is -1.38. The average Bonchev–Trinajstić information content (AvgIpc) is 2.80. The van der Waals surface area contributed by atoms with Crippen molar-refractivity contribution in [2.24, 2.45) is 5.11 Å². The van der Waals surface area contributed by atoms with Crippen LogP contribution in [0.1, 0.15) is 20.8 Å². The fraction of sp³-hybridized carbons (Fsp3) is 0.909. The lowest BCUT2D eigenvalue weighted by molar-refractivity contribution is -0.221. The SMILES string of the molecule is CC(=O)O[C@H]1[C@H]2OC(C)(C)O[C@H]2O[C@@H]1[C@@H](CO)N=[N+]=[N-]. The highest BCUT2D eigenvalue weighted by molar-refractivity contribution is 5.66. The summed E-state index contributed by atoms with van der Waals surface area (Å²) in [4.78, 5) is 13.9. The molecular weight excluding hydrogens is 270 g/mol. The van der Waals surface area contributed by atoms with Crippen molar-refractivity contribution < 1.29 is 28.8 Å². The normalized spacial score (nSPS) is 36.0. The van der Waals surface area contributed by atoms with Crippen LogP contribution in [0.15, 0.2) is 5.11 Å². The first-order chi connectivity index (χ1) is 9.38. The van der Waals surface area contributed by atoms with Crippen molar-refractivity contribution in [1.29, 1.82) is 0 Å². The van der Waals surface area contributed by atoms with E-state index in [4.69, 9.17) is 24.5 Å². The summed E-state index contributed by atoms with van der Waals surface area (Å²) in [6, 6.07) is -0.884. The molecule has 2 aliphatic rings. The number of fused-ring (bicyclic) bond motifs is 1. The molecule has 0 aromatic carbocycles. The lowest BCUT2D eigenvalue weighted by Gasteiger charge is -2.27. The number of carbonyl (C=O) groups excluding carboxylic acids is 1. The molecule has 0 aromatic heterocycles. The fourth-order valence-corrected chi connectivity index (χ4v) is 2.41. The van der Waals surface area contributed by atoms with Gasteiger partial charge in [0, 0.05) is 11.8 Å². The molecule has 0 spiro atoms. The highest BCUT2D eigenvalue weighted by Crippen LogP contribution is 2.40. The molecule has 0 amide bonds. The Morgan fingerprint density at radius 3 is 2.80 bits per heavy atom. The first-order valence-electron chi connectivity index (χ1n) is 6.21. The van der Waals surface area contributed by atoms with Gasteiger partial charge >= 0.3 is 5.97 Å². The summed E-state index contributed by atoms with van der Waals surface area (Å²) < 4.78 is 22.0. The summed E-state index contributed by atoms with van der Waals surface area (Å²) in [5.74, 6) is -1.37. The molecule has 20 heavy (non-hydrogen) atoms. The van der Waals surface area contributed by atoms with Crippen LogP contribution in [0, 0.1) is 0 Å². The minimum absolute atomic E-state index is 0.435. The average molecular weight is 287 g/mol. The molecular formula is C11H17N3O6. The standard InChI is InChI=1S/C11H17N3O6/c1-5(16)17-8-7(6(4-15)13-14-12)18-10-9(8)19-11(2,3)20-10/h6-10,15H,4H2,1-3H3/t6-,7-,8-,9-,10-/m1/s1. The van der Waals surface area contributed by atoms with Gasteiger partial charge in [-0.1, -0.05) is 5.11 Å². The van der Waals surface area contributed by atoms with Gasteiger partial charge in [-0.3, -0.25) is 4.79 Å². The Balaban J connectivity index is 2.21. The van der Waals surface area contributed by atoms with Crippen LogP contribution in [0.2, 0.25) is 0 Å². The Kier molecular flexibility index (Phi) is 4.17. The second kappa shape index (κ2) is 5.55. The van der Waals surface area contributed by atoms with Gasteiger partial charge in [0.1, 0.15) is 6.10 Å². The van der Waals surface area contributed by atoms with Crippen LogP contribution >= 0.6 is 0 Å². The Bertz CT molecular complexity index is 436. The minimum Gasteiger partial charge on any atom is -0.457 e. The number of rotatable bonds is 4. The summed E-state index contributed by atoms with van der Waals surface area (Å²) in [7, 11) is 0. The van der Waals surface area contributed by atoms with Crippen LogP contribution in [0.5, 0.6) is 0 Å². The Labute approximate surface area is 115 Å². The second-order valence-corrected chi connectivity index (χ2v) is 5.10. The third kappa shape index (κ3) is 2.87. The maximum Gasteiger partial charge on any atom is 0.303 e. The Morgan fingerprint density at radius 2 is 2.25 bits per heavy atom. The monoisotopic (exact) mass is 287 g/mol. The zero-order valence-electron chi connectivity index (χ0n) is 11.4. The zero-order chi connectivity index (χ0) is 14.9. The smallest absolute Gasteiger partial charge is 0.303 e. The molecule has 2 rings (SSSR count). The van der Waals surface area contributed by atoms with Crippen LogP contribution in [-0.4, -0.2) is 54.1 Å². The number of hydrogen-bond donors (Lipinski definition) is 1. The minimum atomic E-state index is -0.884. The highest BCUT2D eigenvalue weighted by atomic mass is 16.8. The molecule has 0 unspecified atom stereocenters. The molecule has 112 valence electrons. The molecule has 0 saturated carbocycles. The van der Waals surface area contributed by atoms with Crippen molar-refractivity contribution in [3.05, 3.63) is 10.4 Å². The summed E-state index contributed by atoms with van der Waals surface area (Å²) in [6.07, 6.45) is -2.98. The predicted octanol–water partition coefficient (Wildman–Crippen LogP) is 0.466. The maximum absolute atomic E-state index is 11.2. The van der Waals surface area contributed by atoms with E-state index in [0.717, 1.165) is 0 Å². The number of azide groups is 1. The van der Waals surface area contributed by atoms with Crippen LogP contribution < -0.4 is 0 Å². The van der Waals surface area contributed by atoms with Gasteiger partial charge in [0.2, 0.25) is 0 Å². The molecule has 0 aromatic rings. The van der Waals surface area contributed by atoms with Crippen molar-refractivity contribution in [2.75, 3.05) is 6.61 Å². The number of nitrogens with zero attached hydrogens (tertiary/aromatic N) is 3. The third-order valence-corrected chi connectivity index (χ3v) is 3.10. The van der Waals surface area contributed by atoms with Crippen LogP contribution in [0.3, 0.4) is 0 Å². The molecule has 2 heterocycles. The van der Waals surface area contributed by atoms with E-state index >= 15 is 0 Å². The van der Waals surface area contributed by atoms with E-state index in [0.29, 0.717) is 0 Å². The number of aliphatic hydroxyl groups is 1. The first kappa shape index (κ1) is 15.0. The van der Waals surface area contributed by atoms with E-state index in [1.165, 1.54) is 6.92 Å². The van der Waals surface area contributed by atoms with Gasteiger partial charge < -0.3 is 24.1 Å². The fourth-order valence-electron chi connectivity index (χ4n) is 2.41. The lowest BCUT2D eigenvalue weighted by Crippen LogP contribution is -2.44. The van der Waals surface area contributed by atoms with Crippen LogP contribution in [-0.2, 0) is 23.7 Å². The van der Waals surface area contributed by atoms with Crippen LogP contribution in [0.4, 0.5) is 0 Å². The predicted molar refractivity (Wildman–Crippen MR) is 64.3 cm³/mol. The van der Waals surface area contributed by atoms with Gasteiger partial charge in [0.05, 0.1) is 12.6 Å². The molecule has 2 fully saturated rings. The van der Waals surface area contributed by atoms with Crippen molar-refractivity contribution >= 4 is 5.97 Å². The zero-order valence-corrected chi connectivity index (χ0v) is 11.4. The largest absolute Gasteiger partial charge is 0.457 e. The van der Waals surface area contributed by atoms with Crippen molar-refractivity contribution in [1.82, 2.24) is 0 Å². The lowest BCUT2D eigenvalue weighted by atomic mass is 10.0. The van der Waals surface area contributed by atoms with Gasteiger partial charge in [-0.05, 0) is 19.4 Å². The topological polar surface area (TPSA) is 123 Å². The summed E-state index contributed by atoms with van der Waals surface area (Å²) >= 11 is 0. The quantitative estimate of drug-likeness (QED) is 0.347. The number of esters is 1. The van der Waals surface area contributed by atoms with Crippen molar-refractivity contribution in [2.45, 2.75) is 57.2 Å². The van der Waals surface area contributed by atoms with E-state index < -0.39 is 49.0 Å². The van der Waals surface area contributed by atoms with Gasteiger partial charge in [0.25, 0.3) is 0 Å². The molecule has 9 heteroatoms. The van der Waals surface area contributed by atoms with Gasteiger partial charge in [-0.2, -0.15) is 0 Å². The van der Waals surface area contributed by atoms with Crippen molar-refractivity contribution in [3.8, 4) is 0 Å². The summed E-state index contributed by atoms with van der Waals surface area (Å²) in [5.41, 5.74) is 8.50. The van der Waals surface area contributed by atoms with E-state index in [-0.39, 0.29) is 0 Å². The number of hydrogen-bond acceptors (Lipinski definition) is 7. The number of aliphatic hydroxyl groups excluding tert-OH is 1. The van der Waals surface area contributed by atoms with Gasteiger partial charge in [-0.15, -0.1) is 0 Å². The number of ether oxygens (including phenoxy) is 4. The molecule has 2 aliphatic heterocycles. The van der Waals surface area contributed by atoms with Gasteiger partial charge in [0.15, 0.2) is 24.3 Å². The molecule has 0 aliphatic carbocycles. The van der Waals surface area contributed by atoms with Crippen LogP contribution in [0.25, 0.3) is 10.4 Å². The van der Waals surface area contributed by atoms with E-state index in [9.17, 15) is 9.90 Å². The molecule has 0 bridgehead atoms. The first-order valence-corrected chi connectivity index (χ1v) is 6.21. The molecule has 2 saturated heterocycles. The van der Waals surface area contributed by atoms with Gasteiger partial charge in [-0.25, -0.2) is 0 Å². The van der Waals surface area contributed by atoms with E-state index in [1.807, 2.05) is 0 Å². The molecule has 0 radical (unpaired) electrons. The third-order valence-electron chi connectivity index (χ3n) is 3.10. The molecule has 1 N–H and O–H groups in total. The molecule has 9 nitrogen and oxygen atoms in total. The van der Waals surface area contributed by atoms with Crippen molar-refractivity contribution in [3.63, 3.8) is 0 Å². The highest BCUT2D eigenvalue weighted by Gasteiger charge is 2.57. The van der Waals surface area contributed by atoms with E-state index in [2.05, 4.69) is 10.0 Å². The molecule has 5 atom stereocenters. The summed E-state index contributed by atoms with van der Waals surface area (Å²) in [5, 5.41) is 12.7. The number of carbonyl (C=O) groups is 1.